The number of nitrogens with zero attached hydrogens (tertiary/aromatic N) is 1. The Labute approximate surface area is 124 Å². The van der Waals surface area contributed by atoms with E-state index in [0.717, 1.165) is 16.9 Å². The molecule has 0 aliphatic carbocycles. The molecule has 110 valence electrons. The van der Waals surface area contributed by atoms with Crippen molar-refractivity contribution in [2.45, 2.75) is 26.7 Å². The van der Waals surface area contributed by atoms with Gasteiger partial charge in [-0.3, -0.25) is 0 Å². The second kappa shape index (κ2) is 6.39. The Morgan fingerprint density at radius 2 is 1.95 bits per heavy atom. The molecule has 0 fully saturated rings. The van der Waals surface area contributed by atoms with Crippen molar-refractivity contribution in [3.63, 3.8) is 0 Å². The molecule has 0 amide bonds. The normalized spacial score (nSPS) is 10.5. The summed E-state index contributed by atoms with van der Waals surface area (Å²) in [6.45, 7) is 6.22. The molecular weight excluding hydrogens is 266 g/mol. The molecule has 0 radical (unpaired) electrons. The van der Waals surface area contributed by atoms with Gasteiger partial charge in [0.25, 0.3) is 0 Å². The van der Waals surface area contributed by atoms with E-state index in [0.29, 0.717) is 17.4 Å². The Balaban J connectivity index is 2.34. The van der Waals surface area contributed by atoms with Gasteiger partial charge in [-0.25, -0.2) is 9.78 Å². The summed E-state index contributed by atoms with van der Waals surface area (Å²) >= 11 is 0. The standard InChI is InChI=1S/C17H19NO3/c1-11(2)14-6-5-12(3)9-15(14)21-16-10-13(7-8-18-16)17(19)20-4/h5-11H,1-4H3. The predicted octanol–water partition coefficient (Wildman–Crippen LogP) is 4.09. The molecule has 4 heteroatoms. The fraction of sp³-hybridized carbons (Fsp3) is 0.294. The second-order valence-electron chi connectivity index (χ2n) is 5.17. The number of benzene rings is 1. The zero-order valence-corrected chi connectivity index (χ0v) is 12.7. The van der Waals surface area contributed by atoms with Crippen LogP contribution in [0.4, 0.5) is 0 Å². The van der Waals surface area contributed by atoms with Crippen molar-refractivity contribution in [1.29, 1.82) is 0 Å². The Bertz CT molecular complexity index is 650. The fourth-order valence-electron chi connectivity index (χ4n) is 2.03. The summed E-state index contributed by atoms with van der Waals surface area (Å²) in [7, 11) is 1.35. The zero-order chi connectivity index (χ0) is 15.4. The van der Waals surface area contributed by atoms with E-state index in [1.54, 1.807) is 12.1 Å². The minimum Gasteiger partial charge on any atom is -0.465 e. The lowest BCUT2D eigenvalue weighted by Crippen LogP contribution is -2.02. The van der Waals surface area contributed by atoms with E-state index >= 15 is 0 Å². The number of pyridine rings is 1. The van der Waals surface area contributed by atoms with Crippen LogP contribution in [0.15, 0.2) is 36.5 Å². The summed E-state index contributed by atoms with van der Waals surface area (Å²) in [6, 6.07) is 9.26. The van der Waals surface area contributed by atoms with Crippen LogP contribution in [-0.2, 0) is 4.74 Å². The van der Waals surface area contributed by atoms with Gasteiger partial charge in [-0.2, -0.15) is 0 Å². The van der Waals surface area contributed by atoms with Crippen molar-refractivity contribution in [3.8, 4) is 11.6 Å². The number of esters is 1. The number of ether oxygens (including phenoxy) is 2. The van der Waals surface area contributed by atoms with Crippen LogP contribution >= 0.6 is 0 Å². The number of aryl methyl sites for hydroxylation is 1. The smallest absolute Gasteiger partial charge is 0.338 e. The molecule has 4 nitrogen and oxygen atoms in total. The highest BCUT2D eigenvalue weighted by molar-refractivity contribution is 5.89. The van der Waals surface area contributed by atoms with Crippen LogP contribution in [0.3, 0.4) is 0 Å². The zero-order valence-electron chi connectivity index (χ0n) is 12.7. The Morgan fingerprint density at radius 3 is 2.62 bits per heavy atom. The topological polar surface area (TPSA) is 48.4 Å². The quantitative estimate of drug-likeness (QED) is 0.794. The molecule has 0 bridgehead atoms. The van der Waals surface area contributed by atoms with Crippen LogP contribution in [0, 0.1) is 6.92 Å². The summed E-state index contributed by atoms with van der Waals surface area (Å²) in [5.74, 6) is 1.07. The van der Waals surface area contributed by atoms with Gasteiger partial charge in [-0.15, -0.1) is 0 Å². The highest BCUT2D eigenvalue weighted by atomic mass is 16.5. The maximum atomic E-state index is 11.5. The monoisotopic (exact) mass is 285 g/mol. The van der Waals surface area contributed by atoms with Crippen molar-refractivity contribution in [3.05, 3.63) is 53.2 Å². The number of hydrogen-bond acceptors (Lipinski definition) is 4. The van der Waals surface area contributed by atoms with Crippen molar-refractivity contribution >= 4 is 5.97 Å². The number of carbonyl (C=O) groups excluding carboxylic acids is 1. The predicted molar refractivity (Wildman–Crippen MR) is 80.9 cm³/mol. The van der Waals surface area contributed by atoms with E-state index < -0.39 is 5.97 Å². The molecule has 0 aliphatic heterocycles. The number of rotatable bonds is 4. The van der Waals surface area contributed by atoms with Gasteiger partial charge in [-0.05, 0) is 36.1 Å². The first kappa shape index (κ1) is 15.0. The molecule has 2 rings (SSSR count). The fourth-order valence-corrected chi connectivity index (χ4v) is 2.03. The maximum absolute atomic E-state index is 11.5. The number of aromatic nitrogens is 1. The molecule has 0 saturated carbocycles. The third kappa shape index (κ3) is 3.60. The first-order valence-corrected chi connectivity index (χ1v) is 6.84. The minimum absolute atomic E-state index is 0.337. The van der Waals surface area contributed by atoms with Gasteiger partial charge in [0.05, 0.1) is 12.7 Å². The lowest BCUT2D eigenvalue weighted by Gasteiger charge is -2.14. The number of carbonyl (C=O) groups is 1. The van der Waals surface area contributed by atoms with Crippen molar-refractivity contribution in [1.82, 2.24) is 4.98 Å². The molecule has 0 unspecified atom stereocenters. The third-order valence-corrected chi connectivity index (χ3v) is 3.16. The van der Waals surface area contributed by atoms with Gasteiger partial charge in [0, 0.05) is 12.3 Å². The van der Waals surface area contributed by atoms with Crippen LogP contribution in [-0.4, -0.2) is 18.1 Å². The van der Waals surface area contributed by atoms with Crippen molar-refractivity contribution < 1.29 is 14.3 Å². The average molecular weight is 285 g/mol. The Kier molecular flexibility index (Phi) is 4.58. The summed E-state index contributed by atoms with van der Waals surface area (Å²) in [5.41, 5.74) is 2.63. The average Bonchev–Trinajstić information content (AvgIpc) is 2.46. The van der Waals surface area contributed by atoms with Crippen LogP contribution < -0.4 is 4.74 Å². The van der Waals surface area contributed by atoms with Crippen LogP contribution in [0.2, 0.25) is 0 Å². The first-order valence-electron chi connectivity index (χ1n) is 6.84. The molecular formula is C17H19NO3. The summed E-state index contributed by atoms with van der Waals surface area (Å²) < 4.78 is 10.6. The van der Waals surface area contributed by atoms with Gasteiger partial charge >= 0.3 is 5.97 Å². The van der Waals surface area contributed by atoms with Gasteiger partial charge in [0.2, 0.25) is 5.88 Å². The molecule has 1 aromatic heterocycles. The van der Waals surface area contributed by atoms with E-state index in [4.69, 9.17) is 9.47 Å². The highest BCUT2D eigenvalue weighted by Crippen LogP contribution is 2.30. The van der Waals surface area contributed by atoms with E-state index in [1.807, 2.05) is 13.0 Å². The first-order chi connectivity index (χ1) is 10.0. The lowest BCUT2D eigenvalue weighted by atomic mass is 10.0. The maximum Gasteiger partial charge on any atom is 0.338 e. The third-order valence-electron chi connectivity index (χ3n) is 3.16. The summed E-state index contributed by atoms with van der Waals surface area (Å²) in [5, 5.41) is 0. The molecule has 1 heterocycles. The van der Waals surface area contributed by atoms with Crippen molar-refractivity contribution in [2.75, 3.05) is 7.11 Å². The lowest BCUT2D eigenvalue weighted by molar-refractivity contribution is 0.0600. The molecule has 21 heavy (non-hydrogen) atoms. The molecule has 0 N–H and O–H groups in total. The van der Waals surface area contributed by atoms with Gasteiger partial charge < -0.3 is 9.47 Å². The highest BCUT2D eigenvalue weighted by Gasteiger charge is 2.12. The van der Waals surface area contributed by atoms with E-state index in [1.165, 1.54) is 13.3 Å². The molecule has 0 saturated heterocycles. The SMILES string of the molecule is COC(=O)c1ccnc(Oc2cc(C)ccc2C(C)C)c1. The van der Waals surface area contributed by atoms with Crippen LogP contribution in [0.1, 0.15) is 41.3 Å². The molecule has 0 atom stereocenters. The van der Waals surface area contributed by atoms with Gasteiger partial charge in [-0.1, -0.05) is 26.0 Å². The van der Waals surface area contributed by atoms with Crippen LogP contribution in [0.25, 0.3) is 0 Å². The number of hydrogen-bond donors (Lipinski definition) is 0. The molecule has 2 aromatic rings. The molecule has 0 spiro atoms. The van der Waals surface area contributed by atoms with E-state index in [2.05, 4.69) is 31.0 Å². The minimum atomic E-state index is -0.407. The molecule has 0 aliphatic rings. The Hall–Kier alpha value is -2.36. The van der Waals surface area contributed by atoms with E-state index in [9.17, 15) is 4.79 Å². The van der Waals surface area contributed by atoms with Crippen LogP contribution in [0.5, 0.6) is 11.6 Å². The number of methoxy groups -OCH3 is 1. The summed E-state index contributed by atoms with van der Waals surface area (Å²) in [6.07, 6.45) is 1.53. The second-order valence-corrected chi connectivity index (χ2v) is 5.17. The Morgan fingerprint density at radius 1 is 1.19 bits per heavy atom. The largest absolute Gasteiger partial charge is 0.465 e. The summed E-state index contributed by atoms with van der Waals surface area (Å²) in [4.78, 5) is 15.7. The van der Waals surface area contributed by atoms with Gasteiger partial charge in [0.1, 0.15) is 5.75 Å². The molecule has 1 aromatic carbocycles. The van der Waals surface area contributed by atoms with Crippen molar-refractivity contribution in [2.24, 2.45) is 0 Å². The van der Waals surface area contributed by atoms with E-state index in [-0.39, 0.29) is 0 Å². The van der Waals surface area contributed by atoms with Gasteiger partial charge in [0.15, 0.2) is 0 Å².